The molecule has 0 saturated carbocycles. The number of hydrogen-bond acceptors (Lipinski definition) is 2. The van der Waals surface area contributed by atoms with Crippen molar-refractivity contribution in [1.29, 1.82) is 0 Å². The minimum absolute atomic E-state index is 0.518. The Bertz CT molecular complexity index is 347. The van der Waals surface area contributed by atoms with Crippen LogP contribution in [0.1, 0.15) is 45.0 Å². The molecular weight excluding hydrogens is 234 g/mol. The van der Waals surface area contributed by atoms with Crippen LogP contribution < -0.4 is 5.73 Å². The van der Waals surface area contributed by atoms with Gasteiger partial charge < -0.3 is 5.73 Å². The average molecular weight is 258 g/mol. The lowest BCUT2D eigenvalue weighted by atomic mass is 9.98. The molecule has 0 aliphatic carbocycles. The Kier molecular flexibility index (Phi) is 6.00. The van der Waals surface area contributed by atoms with E-state index in [1.165, 1.54) is 6.42 Å². The van der Waals surface area contributed by atoms with Gasteiger partial charge in [-0.2, -0.15) is 5.10 Å². The highest BCUT2D eigenvalue weighted by molar-refractivity contribution is 6.31. The second kappa shape index (κ2) is 7.02. The van der Waals surface area contributed by atoms with Crippen molar-refractivity contribution in [2.75, 3.05) is 6.54 Å². The van der Waals surface area contributed by atoms with Gasteiger partial charge in [-0.25, -0.2) is 0 Å². The van der Waals surface area contributed by atoms with Crippen molar-refractivity contribution in [3.05, 3.63) is 16.4 Å². The zero-order chi connectivity index (χ0) is 12.8. The van der Waals surface area contributed by atoms with Gasteiger partial charge in [0, 0.05) is 6.54 Å². The summed E-state index contributed by atoms with van der Waals surface area (Å²) in [5, 5.41) is 5.39. The van der Waals surface area contributed by atoms with E-state index in [-0.39, 0.29) is 0 Å². The number of nitrogens with two attached hydrogens (primary N) is 1. The minimum atomic E-state index is 0.518. The fraction of sp³-hybridized carbons (Fsp3) is 0.769. The SMILES string of the molecule is CCCC(CN)Cc1c(Cl)c(CC)nn1CC. The third kappa shape index (κ3) is 3.46. The number of halogens is 1. The first-order valence-corrected chi connectivity index (χ1v) is 6.99. The number of aromatic nitrogens is 2. The molecule has 4 heteroatoms. The molecule has 2 N–H and O–H groups in total. The maximum Gasteiger partial charge on any atom is 0.0849 e. The number of aryl methyl sites for hydroxylation is 2. The second-order valence-corrected chi connectivity index (χ2v) is 4.85. The van der Waals surface area contributed by atoms with Crippen LogP contribution in [0.25, 0.3) is 0 Å². The largest absolute Gasteiger partial charge is 0.330 e. The van der Waals surface area contributed by atoms with Crippen molar-refractivity contribution in [2.45, 2.75) is 53.0 Å². The Hall–Kier alpha value is -0.540. The minimum Gasteiger partial charge on any atom is -0.330 e. The molecule has 0 saturated heterocycles. The van der Waals surface area contributed by atoms with E-state index in [0.717, 1.165) is 48.8 Å². The van der Waals surface area contributed by atoms with Crippen LogP contribution in [0.15, 0.2) is 0 Å². The van der Waals surface area contributed by atoms with Crippen molar-refractivity contribution < 1.29 is 0 Å². The van der Waals surface area contributed by atoms with E-state index < -0.39 is 0 Å². The van der Waals surface area contributed by atoms with Crippen LogP contribution in [-0.2, 0) is 19.4 Å². The third-order valence-electron chi connectivity index (χ3n) is 3.21. The number of hydrogen-bond donors (Lipinski definition) is 1. The predicted octanol–water partition coefficient (Wildman–Crippen LogP) is 3.04. The monoisotopic (exact) mass is 257 g/mol. The lowest BCUT2D eigenvalue weighted by Gasteiger charge is -2.14. The van der Waals surface area contributed by atoms with Crippen molar-refractivity contribution in [2.24, 2.45) is 11.7 Å². The van der Waals surface area contributed by atoms with E-state index in [9.17, 15) is 0 Å². The molecule has 0 amide bonds. The summed E-state index contributed by atoms with van der Waals surface area (Å²) in [6.07, 6.45) is 4.16. The molecule has 1 unspecified atom stereocenters. The fourth-order valence-electron chi connectivity index (χ4n) is 2.20. The van der Waals surface area contributed by atoms with Gasteiger partial charge in [-0.3, -0.25) is 4.68 Å². The first-order valence-electron chi connectivity index (χ1n) is 6.61. The van der Waals surface area contributed by atoms with E-state index >= 15 is 0 Å². The van der Waals surface area contributed by atoms with Crippen LogP contribution >= 0.6 is 11.6 Å². The Morgan fingerprint density at radius 3 is 2.53 bits per heavy atom. The van der Waals surface area contributed by atoms with Crippen molar-refractivity contribution in [1.82, 2.24) is 9.78 Å². The van der Waals surface area contributed by atoms with Crippen molar-refractivity contribution in [3.63, 3.8) is 0 Å². The molecular formula is C13H24ClN3. The standard InChI is InChI=1S/C13H24ClN3/c1-4-7-10(9-15)8-12-13(14)11(5-2)16-17(12)6-3/h10H,4-9,15H2,1-3H3. The first-order chi connectivity index (χ1) is 8.17. The smallest absolute Gasteiger partial charge is 0.0849 e. The van der Waals surface area contributed by atoms with Crippen LogP contribution in [0.3, 0.4) is 0 Å². The van der Waals surface area contributed by atoms with Crippen molar-refractivity contribution >= 4 is 11.6 Å². The lowest BCUT2D eigenvalue weighted by Crippen LogP contribution is -2.18. The highest BCUT2D eigenvalue weighted by Gasteiger charge is 2.17. The second-order valence-electron chi connectivity index (χ2n) is 4.47. The van der Waals surface area contributed by atoms with Gasteiger partial charge in [0.1, 0.15) is 0 Å². The number of nitrogens with zero attached hydrogens (tertiary/aromatic N) is 2. The van der Waals surface area contributed by atoms with Gasteiger partial charge in [0.05, 0.1) is 16.4 Å². The molecule has 1 heterocycles. The van der Waals surface area contributed by atoms with Crippen LogP contribution in [0.2, 0.25) is 5.02 Å². The summed E-state index contributed by atoms with van der Waals surface area (Å²) in [5.41, 5.74) is 7.99. The van der Waals surface area contributed by atoms with Gasteiger partial charge in [-0.05, 0) is 38.6 Å². The van der Waals surface area contributed by atoms with Crippen LogP contribution in [0.5, 0.6) is 0 Å². The molecule has 17 heavy (non-hydrogen) atoms. The molecule has 0 aromatic carbocycles. The maximum atomic E-state index is 6.39. The summed E-state index contributed by atoms with van der Waals surface area (Å²) < 4.78 is 2.03. The Morgan fingerprint density at radius 2 is 2.06 bits per heavy atom. The van der Waals surface area contributed by atoms with E-state index in [4.69, 9.17) is 17.3 Å². The molecule has 0 radical (unpaired) electrons. The summed E-state index contributed by atoms with van der Waals surface area (Å²) in [7, 11) is 0. The third-order valence-corrected chi connectivity index (χ3v) is 3.64. The van der Waals surface area contributed by atoms with Gasteiger partial charge in [0.15, 0.2) is 0 Å². The van der Waals surface area contributed by atoms with E-state index in [0.29, 0.717) is 5.92 Å². The van der Waals surface area contributed by atoms with Gasteiger partial charge in [0.25, 0.3) is 0 Å². The van der Waals surface area contributed by atoms with Crippen molar-refractivity contribution in [3.8, 4) is 0 Å². The fourth-order valence-corrected chi connectivity index (χ4v) is 2.54. The Labute approximate surface area is 109 Å². The van der Waals surface area contributed by atoms with Gasteiger partial charge >= 0.3 is 0 Å². The topological polar surface area (TPSA) is 43.8 Å². The predicted molar refractivity (Wildman–Crippen MR) is 73.4 cm³/mol. The number of rotatable bonds is 7. The van der Waals surface area contributed by atoms with Gasteiger partial charge in [-0.1, -0.05) is 31.9 Å². The van der Waals surface area contributed by atoms with Gasteiger partial charge in [-0.15, -0.1) is 0 Å². The molecule has 3 nitrogen and oxygen atoms in total. The zero-order valence-corrected chi connectivity index (χ0v) is 11.9. The molecule has 1 aromatic rings. The average Bonchev–Trinajstić information content (AvgIpc) is 2.65. The first kappa shape index (κ1) is 14.5. The summed E-state index contributed by atoms with van der Waals surface area (Å²) >= 11 is 6.39. The van der Waals surface area contributed by atoms with E-state index in [1.807, 2.05) is 4.68 Å². The van der Waals surface area contributed by atoms with Gasteiger partial charge in [0.2, 0.25) is 0 Å². The summed E-state index contributed by atoms with van der Waals surface area (Å²) in [4.78, 5) is 0. The molecule has 0 aliphatic rings. The quantitative estimate of drug-likeness (QED) is 0.816. The highest BCUT2D eigenvalue weighted by Crippen LogP contribution is 2.25. The van der Waals surface area contributed by atoms with Crippen LogP contribution in [-0.4, -0.2) is 16.3 Å². The van der Waals surface area contributed by atoms with E-state index in [1.54, 1.807) is 0 Å². The molecule has 0 spiro atoms. The van der Waals surface area contributed by atoms with Crippen LogP contribution in [0, 0.1) is 5.92 Å². The molecule has 0 aliphatic heterocycles. The van der Waals surface area contributed by atoms with Crippen LogP contribution in [0.4, 0.5) is 0 Å². The molecule has 98 valence electrons. The molecule has 1 atom stereocenters. The molecule has 1 rings (SSSR count). The summed E-state index contributed by atoms with van der Waals surface area (Å²) in [6, 6.07) is 0. The zero-order valence-electron chi connectivity index (χ0n) is 11.2. The normalized spacial score (nSPS) is 13.0. The van der Waals surface area contributed by atoms with E-state index in [2.05, 4.69) is 25.9 Å². The lowest BCUT2D eigenvalue weighted by molar-refractivity contribution is 0.465. The Morgan fingerprint density at radius 1 is 1.35 bits per heavy atom. The molecule has 0 bridgehead atoms. The maximum absolute atomic E-state index is 6.39. The summed E-state index contributed by atoms with van der Waals surface area (Å²) in [6.45, 7) is 7.98. The molecule has 0 fully saturated rings. The molecule has 1 aromatic heterocycles. The Balaban J connectivity index is 2.91. The highest BCUT2D eigenvalue weighted by atomic mass is 35.5. The summed E-state index contributed by atoms with van der Waals surface area (Å²) in [5.74, 6) is 0.518.